The van der Waals surface area contributed by atoms with Gasteiger partial charge in [0.25, 0.3) is 0 Å². The molecule has 0 amide bonds. The van der Waals surface area contributed by atoms with Gasteiger partial charge in [-0.05, 0) is 32.5 Å². The molecule has 0 aromatic carbocycles. The summed E-state index contributed by atoms with van der Waals surface area (Å²) in [6.07, 6.45) is 2.18. The van der Waals surface area contributed by atoms with Crippen molar-refractivity contribution in [3.63, 3.8) is 0 Å². The van der Waals surface area contributed by atoms with E-state index in [2.05, 4.69) is 41.7 Å². The summed E-state index contributed by atoms with van der Waals surface area (Å²) in [5, 5.41) is 0. The molecule has 0 N–H and O–H groups in total. The van der Waals surface area contributed by atoms with Gasteiger partial charge < -0.3 is 4.90 Å². The van der Waals surface area contributed by atoms with E-state index in [-0.39, 0.29) is 0 Å². The first kappa shape index (κ1) is 13.3. The summed E-state index contributed by atoms with van der Waals surface area (Å²) in [4.78, 5) is 10.5. The van der Waals surface area contributed by atoms with Crippen LogP contribution in [0.15, 0.2) is 9.98 Å². The van der Waals surface area contributed by atoms with Crippen molar-refractivity contribution >= 4 is 6.01 Å². The Hall–Kier alpha value is -0.660. The third-order valence-electron chi connectivity index (χ3n) is 2.12. The minimum atomic E-state index is 0.847. The molecule has 0 unspecified atom stereocenters. The molecule has 82 valence electrons. The van der Waals surface area contributed by atoms with Crippen LogP contribution in [0.2, 0.25) is 0 Å². The maximum Gasteiger partial charge on any atom is 0.0892 e. The predicted molar refractivity (Wildman–Crippen MR) is 62.3 cm³/mol. The SMILES string of the molecule is CCCN=C=NCCCN(CC)CC. The third kappa shape index (κ3) is 7.96. The van der Waals surface area contributed by atoms with E-state index < -0.39 is 0 Å². The zero-order valence-corrected chi connectivity index (χ0v) is 9.79. The topological polar surface area (TPSA) is 28.0 Å². The van der Waals surface area contributed by atoms with Crippen LogP contribution in [0.3, 0.4) is 0 Å². The fourth-order valence-electron chi connectivity index (χ4n) is 1.18. The Kier molecular flexibility index (Phi) is 9.93. The zero-order valence-electron chi connectivity index (χ0n) is 9.79. The van der Waals surface area contributed by atoms with Crippen molar-refractivity contribution in [3.8, 4) is 0 Å². The highest BCUT2D eigenvalue weighted by Gasteiger charge is 1.96. The van der Waals surface area contributed by atoms with Crippen LogP contribution >= 0.6 is 0 Å². The summed E-state index contributed by atoms with van der Waals surface area (Å²) in [7, 11) is 0. The summed E-state index contributed by atoms with van der Waals surface area (Å²) in [5.41, 5.74) is 0. The summed E-state index contributed by atoms with van der Waals surface area (Å²) in [6, 6.07) is 2.73. The van der Waals surface area contributed by atoms with E-state index in [1.807, 2.05) is 0 Å². The van der Waals surface area contributed by atoms with E-state index in [9.17, 15) is 0 Å². The van der Waals surface area contributed by atoms with Gasteiger partial charge in [0.15, 0.2) is 0 Å². The largest absolute Gasteiger partial charge is 0.304 e. The molecular weight excluding hydrogens is 174 g/mol. The molecule has 0 fully saturated rings. The van der Waals surface area contributed by atoms with E-state index in [0.29, 0.717) is 0 Å². The van der Waals surface area contributed by atoms with Gasteiger partial charge in [-0.1, -0.05) is 20.8 Å². The number of aliphatic imine (C=N–C) groups is 2. The average Bonchev–Trinajstić information content (AvgIpc) is 2.22. The van der Waals surface area contributed by atoms with Crippen molar-refractivity contribution in [1.82, 2.24) is 4.90 Å². The van der Waals surface area contributed by atoms with Crippen molar-refractivity contribution in [2.24, 2.45) is 9.98 Å². The maximum atomic E-state index is 4.11. The fourth-order valence-corrected chi connectivity index (χ4v) is 1.18. The van der Waals surface area contributed by atoms with Gasteiger partial charge in [0.2, 0.25) is 0 Å². The van der Waals surface area contributed by atoms with Crippen molar-refractivity contribution in [1.29, 1.82) is 0 Å². The van der Waals surface area contributed by atoms with E-state index in [0.717, 1.165) is 45.6 Å². The molecule has 0 aliphatic rings. The van der Waals surface area contributed by atoms with Crippen LogP contribution in [0.1, 0.15) is 33.6 Å². The lowest BCUT2D eigenvalue weighted by Gasteiger charge is -2.16. The number of hydrogen-bond acceptors (Lipinski definition) is 3. The van der Waals surface area contributed by atoms with Gasteiger partial charge in [0.05, 0.1) is 12.6 Å². The zero-order chi connectivity index (χ0) is 10.6. The predicted octanol–water partition coefficient (Wildman–Crippen LogP) is 2.30. The lowest BCUT2D eigenvalue weighted by molar-refractivity contribution is 0.302. The minimum Gasteiger partial charge on any atom is -0.304 e. The Morgan fingerprint density at radius 2 is 1.64 bits per heavy atom. The molecule has 0 aliphatic carbocycles. The standard InChI is InChI=1S/C11H23N3/c1-4-8-12-11-13-9-7-10-14(5-2)6-3/h4-10H2,1-3H3. The quantitative estimate of drug-likeness (QED) is 0.433. The van der Waals surface area contributed by atoms with Crippen LogP contribution in [0, 0.1) is 0 Å². The van der Waals surface area contributed by atoms with E-state index in [1.54, 1.807) is 0 Å². The van der Waals surface area contributed by atoms with Crippen LogP contribution in [0.5, 0.6) is 0 Å². The Labute approximate surface area is 87.9 Å². The van der Waals surface area contributed by atoms with E-state index in [1.165, 1.54) is 0 Å². The van der Waals surface area contributed by atoms with Crippen molar-refractivity contribution in [2.45, 2.75) is 33.6 Å². The Morgan fingerprint density at radius 1 is 1.00 bits per heavy atom. The second-order valence-corrected chi connectivity index (χ2v) is 3.24. The second-order valence-electron chi connectivity index (χ2n) is 3.24. The molecular formula is C11H23N3. The van der Waals surface area contributed by atoms with Gasteiger partial charge in [-0.2, -0.15) is 0 Å². The third-order valence-corrected chi connectivity index (χ3v) is 2.12. The Morgan fingerprint density at radius 3 is 2.21 bits per heavy atom. The maximum absolute atomic E-state index is 4.11. The molecule has 0 saturated heterocycles. The first-order chi connectivity index (χ1) is 6.85. The smallest absolute Gasteiger partial charge is 0.0892 e. The van der Waals surface area contributed by atoms with Crippen LogP contribution in [-0.4, -0.2) is 43.6 Å². The fraction of sp³-hybridized carbons (Fsp3) is 0.909. The average molecular weight is 197 g/mol. The lowest BCUT2D eigenvalue weighted by Crippen LogP contribution is -2.24. The molecule has 14 heavy (non-hydrogen) atoms. The van der Waals surface area contributed by atoms with Gasteiger partial charge >= 0.3 is 0 Å². The summed E-state index contributed by atoms with van der Waals surface area (Å²) in [5.74, 6) is 0. The second kappa shape index (κ2) is 10.4. The summed E-state index contributed by atoms with van der Waals surface area (Å²) >= 11 is 0. The molecule has 0 spiro atoms. The van der Waals surface area contributed by atoms with Gasteiger partial charge in [0, 0.05) is 6.54 Å². The lowest BCUT2D eigenvalue weighted by atomic mass is 10.4. The number of hydrogen-bond donors (Lipinski definition) is 0. The molecule has 0 aromatic rings. The summed E-state index contributed by atoms with van der Waals surface area (Å²) < 4.78 is 0. The molecule has 0 atom stereocenters. The number of nitrogens with zero attached hydrogens (tertiary/aromatic N) is 3. The molecule has 0 aliphatic heterocycles. The molecule has 0 radical (unpaired) electrons. The van der Waals surface area contributed by atoms with E-state index in [4.69, 9.17) is 0 Å². The molecule has 3 nitrogen and oxygen atoms in total. The minimum absolute atomic E-state index is 0.847. The molecule has 0 aromatic heterocycles. The van der Waals surface area contributed by atoms with Crippen molar-refractivity contribution in [2.75, 3.05) is 32.7 Å². The molecule has 0 rings (SSSR count). The highest BCUT2D eigenvalue weighted by atomic mass is 15.1. The first-order valence-electron chi connectivity index (χ1n) is 5.65. The molecule has 3 heteroatoms. The van der Waals surface area contributed by atoms with Gasteiger partial charge in [-0.3, -0.25) is 0 Å². The first-order valence-corrected chi connectivity index (χ1v) is 5.65. The highest BCUT2D eigenvalue weighted by Crippen LogP contribution is 1.90. The Bertz CT molecular complexity index is 167. The van der Waals surface area contributed by atoms with Gasteiger partial charge in [-0.15, -0.1) is 0 Å². The Balaban J connectivity index is 3.40. The molecule has 0 heterocycles. The van der Waals surface area contributed by atoms with E-state index >= 15 is 0 Å². The van der Waals surface area contributed by atoms with Crippen LogP contribution in [0.25, 0.3) is 0 Å². The normalized spacial score (nSPS) is 10.0. The van der Waals surface area contributed by atoms with Crippen LogP contribution in [0.4, 0.5) is 0 Å². The van der Waals surface area contributed by atoms with Crippen molar-refractivity contribution in [3.05, 3.63) is 0 Å². The van der Waals surface area contributed by atoms with Gasteiger partial charge in [-0.25, -0.2) is 9.98 Å². The van der Waals surface area contributed by atoms with Crippen LogP contribution in [-0.2, 0) is 0 Å². The molecule has 0 bridgehead atoms. The highest BCUT2D eigenvalue weighted by molar-refractivity contribution is 5.40. The monoisotopic (exact) mass is 197 g/mol. The van der Waals surface area contributed by atoms with Gasteiger partial charge in [0.1, 0.15) is 0 Å². The molecule has 0 saturated carbocycles. The van der Waals surface area contributed by atoms with Crippen LogP contribution < -0.4 is 0 Å². The summed E-state index contributed by atoms with van der Waals surface area (Å²) in [6.45, 7) is 11.6. The number of rotatable bonds is 8. The van der Waals surface area contributed by atoms with Crippen molar-refractivity contribution < 1.29 is 0 Å².